The van der Waals surface area contributed by atoms with Gasteiger partial charge in [0.05, 0.1) is 12.2 Å². The van der Waals surface area contributed by atoms with Crippen molar-refractivity contribution in [3.8, 4) is 0 Å². The van der Waals surface area contributed by atoms with E-state index in [0.29, 0.717) is 12.2 Å². The molecule has 0 radical (unpaired) electrons. The van der Waals surface area contributed by atoms with Crippen LogP contribution in [0.1, 0.15) is 60.9 Å². The molecule has 0 aliphatic rings. The van der Waals surface area contributed by atoms with E-state index in [0.717, 1.165) is 19.3 Å². The number of allylic oxidation sites excluding steroid dienone is 2. The van der Waals surface area contributed by atoms with E-state index in [2.05, 4.69) is 42.5 Å². The molecule has 0 N–H and O–H groups in total. The molecule has 0 aliphatic heterocycles. The molecule has 0 saturated heterocycles. The van der Waals surface area contributed by atoms with Gasteiger partial charge in [0.1, 0.15) is 0 Å². The third kappa shape index (κ3) is 8.66. The van der Waals surface area contributed by atoms with Crippen LogP contribution in [0.5, 0.6) is 0 Å². The molecule has 0 fully saturated rings. The molecule has 0 atom stereocenters. The minimum absolute atomic E-state index is 0.215. The topological polar surface area (TPSA) is 26.3 Å². The highest BCUT2D eigenvalue weighted by atomic mass is 16.5. The van der Waals surface area contributed by atoms with Crippen molar-refractivity contribution in [3.63, 3.8) is 0 Å². The summed E-state index contributed by atoms with van der Waals surface area (Å²) in [6, 6.07) is 19.8. The summed E-state index contributed by atoms with van der Waals surface area (Å²) >= 11 is 0. The van der Waals surface area contributed by atoms with Crippen LogP contribution in [0.25, 0.3) is 0 Å². The van der Waals surface area contributed by atoms with Crippen LogP contribution in [0, 0.1) is 0 Å². The van der Waals surface area contributed by atoms with Gasteiger partial charge >= 0.3 is 5.97 Å². The summed E-state index contributed by atoms with van der Waals surface area (Å²) in [5, 5.41) is 0. The second-order valence-corrected chi connectivity index (χ2v) is 6.57. The number of benzene rings is 2. The number of hydrogen-bond donors (Lipinski definition) is 0. The van der Waals surface area contributed by atoms with E-state index in [1.807, 2.05) is 18.2 Å². The Morgan fingerprint density at radius 1 is 0.731 bits per heavy atom. The fourth-order valence-electron chi connectivity index (χ4n) is 2.85. The smallest absolute Gasteiger partial charge is 0.338 e. The van der Waals surface area contributed by atoms with Crippen molar-refractivity contribution in [3.05, 3.63) is 83.9 Å². The number of carbonyl (C=O) groups excluding carboxylic acids is 1. The second-order valence-electron chi connectivity index (χ2n) is 6.57. The molecule has 0 saturated carbocycles. The highest BCUT2D eigenvalue weighted by molar-refractivity contribution is 5.89. The average molecular weight is 351 g/mol. The van der Waals surface area contributed by atoms with Gasteiger partial charge in [-0.3, -0.25) is 0 Å². The molecular formula is C24H30O2. The van der Waals surface area contributed by atoms with E-state index in [4.69, 9.17) is 4.74 Å². The molecule has 0 aliphatic carbocycles. The summed E-state index contributed by atoms with van der Waals surface area (Å²) in [6.45, 7) is 0.524. The highest BCUT2D eigenvalue weighted by Gasteiger charge is 2.04. The van der Waals surface area contributed by atoms with Crippen molar-refractivity contribution in [2.75, 3.05) is 6.61 Å². The Morgan fingerprint density at radius 2 is 1.35 bits per heavy atom. The number of ether oxygens (including phenoxy) is 1. The molecule has 0 spiro atoms. The van der Waals surface area contributed by atoms with Gasteiger partial charge in [0, 0.05) is 0 Å². The molecule has 2 aromatic carbocycles. The van der Waals surface area contributed by atoms with Crippen LogP contribution < -0.4 is 0 Å². The Morgan fingerprint density at radius 3 is 2.08 bits per heavy atom. The predicted octanol–water partition coefficient (Wildman–Crippen LogP) is 6.37. The summed E-state index contributed by atoms with van der Waals surface area (Å²) < 4.78 is 5.29. The van der Waals surface area contributed by atoms with Crippen LogP contribution in [0.3, 0.4) is 0 Å². The van der Waals surface area contributed by atoms with Gasteiger partial charge in [-0.2, -0.15) is 0 Å². The molecule has 26 heavy (non-hydrogen) atoms. The third-order valence-corrected chi connectivity index (χ3v) is 4.37. The number of hydrogen-bond acceptors (Lipinski definition) is 2. The Hall–Kier alpha value is -2.35. The molecule has 2 rings (SSSR count). The van der Waals surface area contributed by atoms with E-state index < -0.39 is 0 Å². The average Bonchev–Trinajstić information content (AvgIpc) is 2.70. The second kappa shape index (κ2) is 12.9. The Labute approximate surface area is 157 Å². The van der Waals surface area contributed by atoms with E-state index >= 15 is 0 Å². The lowest BCUT2D eigenvalue weighted by atomic mass is 10.1. The summed E-state index contributed by atoms with van der Waals surface area (Å²) in [5.41, 5.74) is 2.00. The number of carbonyl (C=O) groups is 1. The van der Waals surface area contributed by atoms with Gasteiger partial charge in [-0.05, 0) is 43.4 Å². The highest BCUT2D eigenvalue weighted by Crippen LogP contribution is 2.09. The SMILES string of the molecule is O=C(OCCCCCCCC/C=C/Cc1ccccc1)c1ccccc1. The number of unbranched alkanes of at least 4 members (excludes halogenated alkanes) is 6. The largest absolute Gasteiger partial charge is 0.462 e. The summed E-state index contributed by atoms with van der Waals surface area (Å²) in [5.74, 6) is -0.215. The van der Waals surface area contributed by atoms with Crippen LogP contribution in [-0.4, -0.2) is 12.6 Å². The summed E-state index contributed by atoms with van der Waals surface area (Å²) in [6.07, 6.45) is 13.9. The first-order chi connectivity index (χ1) is 12.9. The number of rotatable bonds is 12. The number of esters is 1. The lowest BCUT2D eigenvalue weighted by Gasteiger charge is -2.04. The van der Waals surface area contributed by atoms with Crippen LogP contribution in [0.15, 0.2) is 72.8 Å². The van der Waals surface area contributed by atoms with Crippen LogP contribution in [0.2, 0.25) is 0 Å². The Bertz CT molecular complexity index is 632. The monoisotopic (exact) mass is 350 g/mol. The Balaban J connectivity index is 1.39. The lowest BCUT2D eigenvalue weighted by molar-refractivity contribution is 0.0497. The molecule has 0 heterocycles. The van der Waals surface area contributed by atoms with Gasteiger partial charge in [0.2, 0.25) is 0 Å². The first kappa shape index (κ1) is 20.0. The molecule has 2 heteroatoms. The predicted molar refractivity (Wildman–Crippen MR) is 108 cm³/mol. The first-order valence-corrected chi connectivity index (χ1v) is 9.77. The first-order valence-electron chi connectivity index (χ1n) is 9.77. The maximum absolute atomic E-state index is 11.8. The van der Waals surface area contributed by atoms with Crippen LogP contribution >= 0.6 is 0 Å². The van der Waals surface area contributed by atoms with Crippen molar-refractivity contribution in [1.29, 1.82) is 0 Å². The van der Waals surface area contributed by atoms with E-state index in [-0.39, 0.29) is 5.97 Å². The maximum atomic E-state index is 11.8. The van der Waals surface area contributed by atoms with E-state index in [1.165, 1.54) is 37.7 Å². The van der Waals surface area contributed by atoms with Crippen LogP contribution in [-0.2, 0) is 11.2 Å². The van der Waals surface area contributed by atoms with Gasteiger partial charge in [-0.1, -0.05) is 86.4 Å². The normalized spacial score (nSPS) is 10.9. The molecule has 0 bridgehead atoms. The maximum Gasteiger partial charge on any atom is 0.338 e. The zero-order valence-corrected chi connectivity index (χ0v) is 15.6. The molecule has 0 amide bonds. The molecule has 2 nitrogen and oxygen atoms in total. The van der Waals surface area contributed by atoms with Gasteiger partial charge in [0.15, 0.2) is 0 Å². The van der Waals surface area contributed by atoms with Crippen molar-refractivity contribution < 1.29 is 9.53 Å². The van der Waals surface area contributed by atoms with Crippen molar-refractivity contribution >= 4 is 5.97 Å². The minimum Gasteiger partial charge on any atom is -0.462 e. The standard InChI is InChI=1S/C24H30O2/c25-24(23-19-13-9-14-20-23)26-21-15-7-5-3-1-2-4-6-10-16-22-17-11-8-12-18-22/h6,8-14,17-20H,1-5,7,15-16,21H2/b10-6+. The zero-order chi connectivity index (χ0) is 18.3. The van der Waals surface area contributed by atoms with Gasteiger partial charge in [0.25, 0.3) is 0 Å². The fraction of sp³-hybridized carbons (Fsp3) is 0.375. The molecule has 2 aromatic rings. The molecule has 138 valence electrons. The zero-order valence-electron chi connectivity index (χ0n) is 15.6. The molecule has 0 aromatic heterocycles. The fourth-order valence-corrected chi connectivity index (χ4v) is 2.85. The van der Waals surface area contributed by atoms with Gasteiger partial charge < -0.3 is 4.74 Å². The lowest BCUT2D eigenvalue weighted by Crippen LogP contribution is -2.06. The van der Waals surface area contributed by atoms with Crippen LogP contribution in [0.4, 0.5) is 0 Å². The van der Waals surface area contributed by atoms with Crippen molar-refractivity contribution in [1.82, 2.24) is 0 Å². The molecular weight excluding hydrogens is 320 g/mol. The van der Waals surface area contributed by atoms with Crippen molar-refractivity contribution in [2.24, 2.45) is 0 Å². The Kier molecular flexibility index (Phi) is 9.93. The molecule has 0 unspecified atom stereocenters. The summed E-state index contributed by atoms with van der Waals surface area (Å²) in [4.78, 5) is 11.8. The van der Waals surface area contributed by atoms with E-state index in [9.17, 15) is 4.79 Å². The third-order valence-electron chi connectivity index (χ3n) is 4.37. The quantitative estimate of drug-likeness (QED) is 0.252. The van der Waals surface area contributed by atoms with Crippen molar-refractivity contribution in [2.45, 2.75) is 51.4 Å². The van der Waals surface area contributed by atoms with E-state index in [1.54, 1.807) is 12.1 Å². The minimum atomic E-state index is -0.215. The van der Waals surface area contributed by atoms with Gasteiger partial charge in [-0.25, -0.2) is 4.79 Å². The summed E-state index contributed by atoms with van der Waals surface area (Å²) in [7, 11) is 0. The van der Waals surface area contributed by atoms with Gasteiger partial charge in [-0.15, -0.1) is 0 Å².